The molecular weight excluding hydrogens is 626 g/mol. The Hall–Kier alpha value is -4.55. The molecule has 49 heavy (non-hydrogen) atoms. The van der Waals surface area contributed by atoms with E-state index in [2.05, 4.69) is 35.4 Å². The standard InChI is InChI=1S/C37H49N5O7/c1-9-20-47-29-15-13-12-14-26(29)22-27(43)24-38-33(44)28-23-30-39-25(4)31(32(35(45)46-11-3)49-36(5,6)7)34(42(30)40-28)41-18-16-37(8,17-19-41)48-21-10-2/h9-10,12-15,23,32H,1-2,11,16-22,24H2,3-8H3,(H,38,44)/t32-/m0/s1. The number of aryl methyl sites for hydroxylation is 1. The van der Waals surface area contributed by atoms with E-state index in [1.54, 1.807) is 42.6 Å². The molecule has 1 saturated heterocycles. The summed E-state index contributed by atoms with van der Waals surface area (Å²) in [5.74, 6) is -0.0948. The Bertz CT molecular complexity index is 1670. The Morgan fingerprint density at radius 2 is 1.80 bits per heavy atom. The van der Waals surface area contributed by atoms with E-state index in [1.165, 1.54) is 0 Å². The van der Waals surface area contributed by atoms with Crippen molar-refractivity contribution in [3.63, 3.8) is 0 Å². The summed E-state index contributed by atoms with van der Waals surface area (Å²) in [6.07, 6.45) is 3.75. The van der Waals surface area contributed by atoms with Crippen LogP contribution in [0.5, 0.6) is 5.75 Å². The molecule has 0 bridgehead atoms. The van der Waals surface area contributed by atoms with Crippen molar-refractivity contribution >= 4 is 29.1 Å². The number of carbonyl (C=O) groups is 3. The second-order valence-electron chi connectivity index (χ2n) is 13.2. The van der Waals surface area contributed by atoms with Crippen LogP contribution >= 0.6 is 0 Å². The highest BCUT2D eigenvalue weighted by Crippen LogP contribution is 2.38. The molecule has 2 aromatic heterocycles. The van der Waals surface area contributed by atoms with Crippen molar-refractivity contribution < 1.29 is 33.3 Å². The lowest BCUT2D eigenvalue weighted by molar-refractivity contribution is -0.167. The Balaban J connectivity index is 1.67. The second kappa shape index (κ2) is 16.2. The number of esters is 1. The molecule has 1 aliphatic heterocycles. The van der Waals surface area contributed by atoms with Crippen LogP contribution in [0.2, 0.25) is 0 Å². The molecule has 0 spiro atoms. The normalized spacial score (nSPS) is 15.0. The number of piperidine rings is 1. The van der Waals surface area contributed by atoms with Crippen LogP contribution < -0.4 is 15.0 Å². The highest BCUT2D eigenvalue weighted by Gasteiger charge is 2.38. The molecule has 3 heterocycles. The van der Waals surface area contributed by atoms with Crippen LogP contribution in [0.3, 0.4) is 0 Å². The molecule has 3 aromatic rings. The van der Waals surface area contributed by atoms with Crippen molar-refractivity contribution in [2.45, 2.75) is 78.1 Å². The lowest BCUT2D eigenvalue weighted by Gasteiger charge is -2.41. The number of para-hydroxylation sites is 1. The molecule has 0 aliphatic carbocycles. The van der Waals surface area contributed by atoms with Gasteiger partial charge < -0.3 is 29.2 Å². The number of Topliss-reactive ketones (excluding diaryl/α,β-unsaturated/α-hetero) is 1. The minimum Gasteiger partial charge on any atom is -0.489 e. The van der Waals surface area contributed by atoms with Crippen LogP contribution in [0.4, 0.5) is 5.82 Å². The van der Waals surface area contributed by atoms with E-state index >= 15 is 0 Å². The van der Waals surface area contributed by atoms with Gasteiger partial charge in [-0.25, -0.2) is 9.78 Å². The molecule has 264 valence electrons. The molecule has 0 radical (unpaired) electrons. The average molecular weight is 676 g/mol. The Morgan fingerprint density at radius 1 is 1.10 bits per heavy atom. The van der Waals surface area contributed by atoms with Crippen LogP contribution in [0.1, 0.15) is 80.9 Å². The van der Waals surface area contributed by atoms with Crippen molar-refractivity contribution in [3.8, 4) is 5.75 Å². The lowest BCUT2D eigenvalue weighted by atomic mass is 9.92. The van der Waals surface area contributed by atoms with E-state index < -0.39 is 23.6 Å². The van der Waals surface area contributed by atoms with Gasteiger partial charge in [0.25, 0.3) is 5.91 Å². The third-order valence-electron chi connectivity index (χ3n) is 8.10. The number of anilines is 1. The average Bonchev–Trinajstić information content (AvgIpc) is 3.48. The van der Waals surface area contributed by atoms with Gasteiger partial charge in [0.1, 0.15) is 18.2 Å². The first-order valence-corrected chi connectivity index (χ1v) is 16.6. The van der Waals surface area contributed by atoms with Gasteiger partial charge in [0.2, 0.25) is 0 Å². The van der Waals surface area contributed by atoms with Crippen molar-refractivity contribution in [2.75, 3.05) is 44.4 Å². The van der Waals surface area contributed by atoms with Gasteiger partial charge in [-0.3, -0.25) is 9.59 Å². The number of amides is 1. The number of fused-ring (bicyclic) bond motifs is 1. The molecule has 12 nitrogen and oxygen atoms in total. The van der Waals surface area contributed by atoms with Gasteiger partial charge in [-0.05, 0) is 60.5 Å². The fourth-order valence-corrected chi connectivity index (χ4v) is 5.71. The van der Waals surface area contributed by atoms with Crippen molar-refractivity contribution in [1.82, 2.24) is 19.9 Å². The smallest absolute Gasteiger partial charge is 0.340 e. The Kier molecular flexibility index (Phi) is 12.3. The zero-order valence-electron chi connectivity index (χ0n) is 29.5. The van der Waals surface area contributed by atoms with Gasteiger partial charge in [0, 0.05) is 36.8 Å². The number of carbonyl (C=O) groups excluding carboxylic acids is 3. The predicted octanol–water partition coefficient (Wildman–Crippen LogP) is 5.12. The summed E-state index contributed by atoms with van der Waals surface area (Å²) < 4.78 is 25.2. The zero-order valence-corrected chi connectivity index (χ0v) is 29.5. The van der Waals surface area contributed by atoms with E-state index in [0.29, 0.717) is 73.2 Å². The van der Waals surface area contributed by atoms with Crippen molar-refractivity contribution in [1.29, 1.82) is 0 Å². The number of ketones is 1. The Labute approximate surface area is 288 Å². The highest BCUT2D eigenvalue weighted by atomic mass is 16.6. The maximum absolute atomic E-state index is 13.5. The van der Waals surface area contributed by atoms with E-state index in [-0.39, 0.29) is 36.7 Å². The van der Waals surface area contributed by atoms with Gasteiger partial charge in [-0.1, -0.05) is 36.9 Å². The SMILES string of the molecule is C=CCOc1ccccc1CC(=O)CNC(=O)c1cc2nc(C)c([C@H](OC(C)(C)C)C(=O)OCC)c(N3CCC(C)(OCC=C)CC3)n2n1. The molecule has 4 rings (SSSR count). The summed E-state index contributed by atoms with van der Waals surface area (Å²) in [6.45, 7) is 20.6. The number of benzene rings is 1. The predicted molar refractivity (Wildman–Crippen MR) is 187 cm³/mol. The zero-order chi connectivity index (χ0) is 35.8. The van der Waals surface area contributed by atoms with E-state index in [4.69, 9.17) is 23.9 Å². The van der Waals surface area contributed by atoms with Gasteiger partial charge in [0.15, 0.2) is 23.2 Å². The molecular formula is C37H49N5O7. The molecule has 1 atom stereocenters. The Morgan fingerprint density at radius 3 is 2.45 bits per heavy atom. The van der Waals surface area contributed by atoms with Crippen LogP contribution in [-0.4, -0.2) is 82.9 Å². The van der Waals surface area contributed by atoms with Gasteiger partial charge >= 0.3 is 5.97 Å². The first-order valence-electron chi connectivity index (χ1n) is 16.6. The maximum Gasteiger partial charge on any atom is 0.340 e. The lowest BCUT2D eigenvalue weighted by Crippen LogP contribution is -2.45. The molecule has 1 fully saturated rings. The van der Waals surface area contributed by atoms with E-state index in [0.717, 1.165) is 0 Å². The van der Waals surface area contributed by atoms with Gasteiger partial charge in [-0.15, -0.1) is 6.58 Å². The van der Waals surface area contributed by atoms with Crippen LogP contribution in [0.25, 0.3) is 5.65 Å². The number of hydrogen-bond acceptors (Lipinski definition) is 10. The first kappa shape index (κ1) is 37.3. The van der Waals surface area contributed by atoms with Crippen LogP contribution in [-0.2, 0) is 30.2 Å². The minimum absolute atomic E-state index is 0.0772. The second-order valence-corrected chi connectivity index (χ2v) is 13.2. The molecule has 0 unspecified atom stereocenters. The first-order chi connectivity index (χ1) is 23.3. The third kappa shape index (κ3) is 9.54. The summed E-state index contributed by atoms with van der Waals surface area (Å²) in [5, 5.41) is 7.38. The van der Waals surface area contributed by atoms with Crippen LogP contribution in [0, 0.1) is 6.92 Å². The van der Waals surface area contributed by atoms with Gasteiger partial charge in [-0.2, -0.15) is 9.61 Å². The molecule has 1 aromatic carbocycles. The van der Waals surface area contributed by atoms with Crippen molar-refractivity contribution in [2.24, 2.45) is 0 Å². The molecule has 12 heteroatoms. The fourth-order valence-electron chi connectivity index (χ4n) is 5.71. The molecule has 0 saturated carbocycles. The highest BCUT2D eigenvalue weighted by molar-refractivity contribution is 5.96. The summed E-state index contributed by atoms with van der Waals surface area (Å²) in [5.41, 5.74) is 1.21. The third-order valence-corrected chi connectivity index (χ3v) is 8.10. The summed E-state index contributed by atoms with van der Waals surface area (Å²) in [4.78, 5) is 46.7. The largest absolute Gasteiger partial charge is 0.489 e. The van der Waals surface area contributed by atoms with Crippen LogP contribution in [0.15, 0.2) is 55.6 Å². The number of hydrogen-bond donors (Lipinski definition) is 1. The van der Waals surface area contributed by atoms with E-state index in [9.17, 15) is 14.4 Å². The quantitative estimate of drug-likeness (QED) is 0.161. The molecule has 1 amide bonds. The molecule has 1 aliphatic rings. The number of nitrogens with zero attached hydrogens (tertiary/aromatic N) is 4. The minimum atomic E-state index is -1.10. The topological polar surface area (TPSA) is 134 Å². The summed E-state index contributed by atoms with van der Waals surface area (Å²) >= 11 is 0. The summed E-state index contributed by atoms with van der Waals surface area (Å²) in [6, 6.07) is 8.84. The maximum atomic E-state index is 13.5. The fraction of sp³-hybridized carbons (Fsp3) is 0.486. The number of aromatic nitrogens is 3. The molecule has 1 N–H and O–H groups in total. The summed E-state index contributed by atoms with van der Waals surface area (Å²) in [7, 11) is 0. The monoisotopic (exact) mass is 675 g/mol. The number of ether oxygens (including phenoxy) is 4. The number of rotatable bonds is 16. The van der Waals surface area contributed by atoms with Crippen molar-refractivity contribution in [3.05, 3.63) is 78.2 Å². The van der Waals surface area contributed by atoms with Gasteiger partial charge in [0.05, 0.1) is 36.5 Å². The van der Waals surface area contributed by atoms with E-state index in [1.807, 2.05) is 39.0 Å². The number of nitrogens with one attached hydrogen (secondary N) is 1.